The Bertz CT molecular complexity index is 1410. The summed E-state index contributed by atoms with van der Waals surface area (Å²) in [6.45, 7) is 4.25. The molecule has 4 aromatic carbocycles. The molecule has 0 aliphatic carbocycles. The fourth-order valence-electron chi connectivity index (χ4n) is 4.53. The van der Waals surface area contributed by atoms with Gasteiger partial charge in [-0.3, -0.25) is 0 Å². The molecule has 6 rings (SSSR count). The molecule has 0 N–H and O–H groups in total. The summed E-state index contributed by atoms with van der Waals surface area (Å²) < 4.78 is 11.9. The third-order valence-electron chi connectivity index (χ3n) is 5.99. The van der Waals surface area contributed by atoms with Crippen LogP contribution in [0.25, 0.3) is 54.3 Å². The first-order valence-corrected chi connectivity index (χ1v) is 9.99. The van der Waals surface area contributed by atoms with Crippen molar-refractivity contribution >= 4 is 54.3 Å². The standard InChI is InChI=1S/C26H20O2/c1-3-15-13-23-21-7-5-18-17(19(21)9-11-25(23)27-15)6-8-22-20(18)10-12-26-24(22)14-16(4-2)28-26/h5-14H,3-4H2,1-2H3. The molecule has 2 heterocycles. The van der Waals surface area contributed by atoms with E-state index in [0.29, 0.717) is 0 Å². The SMILES string of the molecule is CCc1cc2c(ccc3c2ccc2c4ccc5oc(CC)cc5c4ccc32)o1. The van der Waals surface area contributed by atoms with Crippen LogP contribution in [0.15, 0.2) is 69.5 Å². The van der Waals surface area contributed by atoms with Crippen molar-refractivity contribution in [1.29, 1.82) is 0 Å². The first-order chi connectivity index (χ1) is 13.8. The number of benzene rings is 4. The van der Waals surface area contributed by atoms with E-state index < -0.39 is 0 Å². The second-order valence-corrected chi connectivity index (χ2v) is 7.50. The summed E-state index contributed by atoms with van der Waals surface area (Å²) >= 11 is 0. The molecule has 0 spiro atoms. The van der Waals surface area contributed by atoms with Gasteiger partial charge in [-0.1, -0.05) is 50.2 Å². The van der Waals surface area contributed by atoms with Crippen LogP contribution in [0.5, 0.6) is 0 Å². The molecule has 0 aliphatic rings. The zero-order chi connectivity index (χ0) is 18.8. The molecular formula is C26H20O2. The maximum atomic E-state index is 5.96. The van der Waals surface area contributed by atoms with E-state index in [1.165, 1.54) is 43.1 Å². The molecule has 0 atom stereocenters. The van der Waals surface area contributed by atoms with Crippen LogP contribution < -0.4 is 0 Å². The van der Waals surface area contributed by atoms with Gasteiger partial charge in [0.05, 0.1) is 0 Å². The average molecular weight is 364 g/mol. The Labute approximate surface area is 162 Å². The van der Waals surface area contributed by atoms with Crippen LogP contribution in [0.4, 0.5) is 0 Å². The van der Waals surface area contributed by atoms with Crippen molar-refractivity contribution in [2.75, 3.05) is 0 Å². The summed E-state index contributed by atoms with van der Waals surface area (Å²) in [5.74, 6) is 2.07. The molecule has 0 amide bonds. The maximum absolute atomic E-state index is 5.96. The average Bonchev–Trinajstić information content (AvgIpc) is 3.36. The van der Waals surface area contributed by atoms with Gasteiger partial charge in [-0.05, 0) is 56.6 Å². The quantitative estimate of drug-likeness (QED) is 0.293. The Kier molecular flexibility index (Phi) is 3.16. The largest absolute Gasteiger partial charge is 0.461 e. The fraction of sp³-hybridized carbons (Fsp3) is 0.154. The lowest BCUT2D eigenvalue weighted by Crippen LogP contribution is -1.82. The van der Waals surface area contributed by atoms with Gasteiger partial charge in [0.1, 0.15) is 22.7 Å². The van der Waals surface area contributed by atoms with Gasteiger partial charge in [-0.25, -0.2) is 0 Å². The van der Waals surface area contributed by atoms with E-state index in [0.717, 1.165) is 35.5 Å². The van der Waals surface area contributed by atoms with Gasteiger partial charge in [0.2, 0.25) is 0 Å². The van der Waals surface area contributed by atoms with Crippen molar-refractivity contribution in [3.05, 3.63) is 72.2 Å². The van der Waals surface area contributed by atoms with Crippen LogP contribution in [0.3, 0.4) is 0 Å². The first-order valence-electron chi connectivity index (χ1n) is 9.99. The molecule has 6 aromatic rings. The van der Waals surface area contributed by atoms with Crippen LogP contribution >= 0.6 is 0 Å². The lowest BCUT2D eigenvalue weighted by molar-refractivity contribution is 0.557. The summed E-state index contributed by atoms with van der Waals surface area (Å²) in [5, 5.41) is 10.0. The molecule has 136 valence electrons. The van der Waals surface area contributed by atoms with Crippen LogP contribution in [-0.2, 0) is 12.8 Å². The van der Waals surface area contributed by atoms with Gasteiger partial charge < -0.3 is 8.83 Å². The highest BCUT2D eigenvalue weighted by Gasteiger charge is 2.12. The van der Waals surface area contributed by atoms with Gasteiger partial charge >= 0.3 is 0 Å². The van der Waals surface area contributed by atoms with E-state index in [9.17, 15) is 0 Å². The molecule has 0 fully saturated rings. The summed E-state index contributed by atoms with van der Waals surface area (Å²) in [6.07, 6.45) is 1.82. The maximum Gasteiger partial charge on any atom is 0.134 e. The van der Waals surface area contributed by atoms with Crippen LogP contribution in [0, 0.1) is 0 Å². The molecule has 0 unspecified atom stereocenters. The summed E-state index contributed by atoms with van der Waals surface area (Å²) in [5.41, 5.74) is 1.94. The summed E-state index contributed by atoms with van der Waals surface area (Å²) in [7, 11) is 0. The van der Waals surface area contributed by atoms with Crippen molar-refractivity contribution in [3.8, 4) is 0 Å². The number of hydrogen-bond acceptors (Lipinski definition) is 2. The molecule has 2 nitrogen and oxygen atoms in total. The van der Waals surface area contributed by atoms with Gasteiger partial charge in [0, 0.05) is 23.6 Å². The monoisotopic (exact) mass is 364 g/mol. The lowest BCUT2D eigenvalue weighted by Gasteiger charge is -2.08. The van der Waals surface area contributed by atoms with Crippen LogP contribution in [0.2, 0.25) is 0 Å². The van der Waals surface area contributed by atoms with Crippen molar-refractivity contribution < 1.29 is 8.83 Å². The van der Waals surface area contributed by atoms with E-state index in [2.05, 4.69) is 74.5 Å². The van der Waals surface area contributed by atoms with Crippen LogP contribution in [0.1, 0.15) is 25.4 Å². The topological polar surface area (TPSA) is 26.3 Å². The predicted octanol–water partition coefficient (Wildman–Crippen LogP) is 7.76. The molecule has 0 bridgehead atoms. The second-order valence-electron chi connectivity index (χ2n) is 7.50. The van der Waals surface area contributed by atoms with Crippen LogP contribution in [-0.4, -0.2) is 0 Å². The second kappa shape index (κ2) is 5.62. The smallest absolute Gasteiger partial charge is 0.134 e. The molecule has 0 saturated carbocycles. The first kappa shape index (κ1) is 15.8. The highest BCUT2D eigenvalue weighted by molar-refractivity contribution is 6.24. The highest BCUT2D eigenvalue weighted by Crippen LogP contribution is 2.38. The Morgan fingerprint density at radius 2 is 0.786 bits per heavy atom. The van der Waals surface area contributed by atoms with Crippen molar-refractivity contribution in [2.24, 2.45) is 0 Å². The van der Waals surface area contributed by atoms with Crippen molar-refractivity contribution in [1.82, 2.24) is 0 Å². The molecule has 2 heteroatoms. The normalized spacial score (nSPS) is 12.2. The molecule has 0 aliphatic heterocycles. The Balaban J connectivity index is 1.73. The predicted molar refractivity (Wildman–Crippen MR) is 117 cm³/mol. The minimum atomic E-state index is 0.912. The van der Waals surface area contributed by atoms with E-state index in [1.807, 2.05) is 0 Å². The Morgan fingerprint density at radius 1 is 0.464 bits per heavy atom. The Morgan fingerprint density at radius 3 is 1.14 bits per heavy atom. The molecular weight excluding hydrogens is 344 g/mol. The highest BCUT2D eigenvalue weighted by atomic mass is 16.3. The number of rotatable bonds is 2. The van der Waals surface area contributed by atoms with Gasteiger partial charge in [0.25, 0.3) is 0 Å². The number of fused-ring (bicyclic) bond motifs is 9. The summed E-state index contributed by atoms with van der Waals surface area (Å²) in [4.78, 5) is 0. The van der Waals surface area contributed by atoms with Gasteiger partial charge in [-0.15, -0.1) is 0 Å². The summed E-state index contributed by atoms with van der Waals surface area (Å²) in [6, 6.07) is 22.0. The zero-order valence-electron chi connectivity index (χ0n) is 16.0. The number of aryl methyl sites for hydroxylation is 2. The minimum absolute atomic E-state index is 0.912. The number of hydrogen-bond donors (Lipinski definition) is 0. The van der Waals surface area contributed by atoms with E-state index in [4.69, 9.17) is 8.83 Å². The number of furan rings is 2. The molecule has 2 aromatic heterocycles. The third kappa shape index (κ3) is 2.03. The fourth-order valence-corrected chi connectivity index (χ4v) is 4.53. The Hall–Kier alpha value is -3.26. The molecule has 0 saturated heterocycles. The van der Waals surface area contributed by atoms with Gasteiger partial charge in [0.15, 0.2) is 0 Å². The van der Waals surface area contributed by atoms with Gasteiger partial charge in [-0.2, -0.15) is 0 Å². The molecule has 0 radical (unpaired) electrons. The van der Waals surface area contributed by atoms with E-state index in [-0.39, 0.29) is 0 Å². The molecule has 28 heavy (non-hydrogen) atoms. The van der Waals surface area contributed by atoms with E-state index in [1.54, 1.807) is 0 Å². The van der Waals surface area contributed by atoms with Crippen molar-refractivity contribution in [3.63, 3.8) is 0 Å². The van der Waals surface area contributed by atoms with Crippen molar-refractivity contribution in [2.45, 2.75) is 26.7 Å². The van der Waals surface area contributed by atoms with E-state index >= 15 is 0 Å². The third-order valence-corrected chi connectivity index (χ3v) is 5.99. The zero-order valence-corrected chi connectivity index (χ0v) is 16.0. The lowest BCUT2D eigenvalue weighted by atomic mass is 9.94. The minimum Gasteiger partial charge on any atom is -0.461 e.